The van der Waals surface area contributed by atoms with E-state index < -0.39 is 0 Å². The van der Waals surface area contributed by atoms with Gasteiger partial charge in [0.1, 0.15) is 5.75 Å². The molecule has 1 aromatic carbocycles. The van der Waals surface area contributed by atoms with Crippen molar-refractivity contribution < 1.29 is 14.7 Å². The molecule has 1 saturated heterocycles. The van der Waals surface area contributed by atoms with E-state index in [1.54, 1.807) is 37.3 Å². The largest absolute Gasteiger partial charge is 0.506 e. The number of aromatic hydroxyl groups is 1. The Bertz CT molecular complexity index is 836. The van der Waals surface area contributed by atoms with Gasteiger partial charge in [0.25, 0.3) is 5.91 Å². The third kappa shape index (κ3) is 4.50. The second-order valence-corrected chi connectivity index (χ2v) is 6.84. The Hall–Kier alpha value is -2.77. The molecule has 0 radical (unpaired) electrons. The van der Waals surface area contributed by atoms with Gasteiger partial charge in [-0.2, -0.15) is 0 Å². The Morgan fingerprint density at radius 1 is 1.26 bits per heavy atom. The second kappa shape index (κ2) is 8.28. The summed E-state index contributed by atoms with van der Waals surface area (Å²) >= 11 is 0. The van der Waals surface area contributed by atoms with Gasteiger partial charge in [0, 0.05) is 35.4 Å². The van der Waals surface area contributed by atoms with Crippen molar-refractivity contribution in [1.82, 2.24) is 15.6 Å². The van der Waals surface area contributed by atoms with Gasteiger partial charge >= 0.3 is 0 Å². The third-order valence-electron chi connectivity index (χ3n) is 4.76. The van der Waals surface area contributed by atoms with Crippen LogP contribution >= 0.6 is 0 Å². The van der Waals surface area contributed by atoms with Crippen LogP contribution in [0.15, 0.2) is 36.5 Å². The SMILES string of the molecule is Cc1cc(C(=O)c2ccc(C(=O)N[C@@H]3CCCNC[C@H]3N)cc2)c(O)cn1. The monoisotopic (exact) mass is 368 g/mol. The van der Waals surface area contributed by atoms with Gasteiger partial charge < -0.3 is 21.5 Å². The predicted molar refractivity (Wildman–Crippen MR) is 102 cm³/mol. The van der Waals surface area contributed by atoms with Crippen LogP contribution in [0.3, 0.4) is 0 Å². The molecule has 0 saturated carbocycles. The number of hydrogen-bond donors (Lipinski definition) is 4. The van der Waals surface area contributed by atoms with E-state index in [1.165, 1.54) is 6.20 Å². The summed E-state index contributed by atoms with van der Waals surface area (Å²) < 4.78 is 0. The summed E-state index contributed by atoms with van der Waals surface area (Å²) in [6.07, 6.45) is 3.05. The van der Waals surface area contributed by atoms with Gasteiger partial charge in [-0.15, -0.1) is 0 Å². The first kappa shape index (κ1) is 19.0. The van der Waals surface area contributed by atoms with Crippen molar-refractivity contribution in [3.8, 4) is 5.75 Å². The van der Waals surface area contributed by atoms with E-state index in [0.717, 1.165) is 19.4 Å². The van der Waals surface area contributed by atoms with E-state index in [1.807, 2.05) is 0 Å². The van der Waals surface area contributed by atoms with Gasteiger partial charge in [0.2, 0.25) is 0 Å². The lowest BCUT2D eigenvalue weighted by atomic mass is 10.0. The summed E-state index contributed by atoms with van der Waals surface area (Å²) in [6, 6.07) is 7.71. The van der Waals surface area contributed by atoms with Crippen LogP contribution in [0.5, 0.6) is 5.75 Å². The minimum atomic E-state index is -0.318. The molecule has 0 aliphatic carbocycles. The summed E-state index contributed by atoms with van der Waals surface area (Å²) in [5.74, 6) is -0.691. The molecule has 1 aliphatic rings. The molecule has 7 heteroatoms. The summed E-state index contributed by atoms with van der Waals surface area (Å²) in [7, 11) is 0. The normalized spacial score (nSPS) is 19.9. The summed E-state index contributed by atoms with van der Waals surface area (Å²) in [6.45, 7) is 3.32. The number of nitrogens with one attached hydrogen (secondary N) is 2. The minimum Gasteiger partial charge on any atom is -0.506 e. The predicted octanol–water partition coefficient (Wildman–Crippen LogP) is 1.14. The van der Waals surface area contributed by atoms with E-state index in [-0.39, 0.29) is 35.1 Å². The zero-order chi connectivity index (χ0) is 19.4. The van der Waals surface area contributed by atoms with Crippen LogP contribution in [-0.2, 0) is 0 Å². The second-order valence-electron chi connectivity index (χ2n) is 6.84. The lowest BCUT2D eigenvalue weighted by Crippen LogP contribution is -2.50. The van der Waals surface area contributed by atoms with E-state index in [2.05, 4.69) is 15.6 Å². The summed E-state index contributed by atoms with van der Waals surface area (Å²) in [4.78, 5) is 29.0. The van der Waals surface area contributed by atoms with E-state index >= 15 is 0 Å². The average molecular weight is 368 g/mol. The van der Waals surface area contributed by atoms with Crippen LogP contribution in [0.1, 0.15) is 44.8 Å². The van der Waals surface area contributed by atoms with Crippen LogP contribution in [0.4, 0.5) is 0 Å². The number of nitrogens with two attached hydrogens (primary N) is 1. The number of carbonyl (C=O) groups excluding carboxylic acids is 2. The first-order valence-electron chi connectivity index (χ1n) is 9.03. The molecule has 2 aromatic rings. The Morgan fingerprint density at radius 3 is 2.70 bits per heavy atom. The highest BCUT2D eigenvalue weighted by molar-refractivity contribution is 6.11. The molecule has 1 fully saturated rings. The maximum Gasteiger partial charge on any atom is 0.251 e. The topological polar surface area (TPSA) is 117 Å². The van der Waals surface area contributed by atoms with E-state index in [4.69, 9.17) is 5.73 Å². The zero-order valence-corrected chi connectivity index (χ0v) is 15.2. The van der Waals surface area contributed by atoms with Crippen molar-refractivity contribution in [2.45, 2.75) is 31.8 Å². The minimum absolute atomic E-state index is 0.0782. The number of hydrogen-bond acceptors (Lipinski definition) is 6. The maximum atomic E-state index is 12.6. The number of pyridine rings is 1. The molecule has 2 heterocycles. The molecule has 0 spiro atoms. The molecule has 5 N–H and O–H groups in total. The maximum absolute atomic E-state index is 12.6. The van der Waals surface area contributed by atoms with Gasteiger partial charge in [0.05, 0.1) is 11.8 Å². The van der Waals surface area contributed by atoms with Gasteiger partial charge in [-0.25, -0.2) is 0 Å². The molecule has 2 atom stereocenters. The van der Waals surface area contributed by atoms with Crippen LogP contribution < -0.4 is 16.4 Å². The Kier molecular flexibility index (Phi) is 5.83. The number of ketones is 1. The fourth-order valence-electron chi connectivity index (χ4n) is 3.17. The van der Waals surface area contributed by atoms with Gasteiger partial charge in [-0.3, -0.25) is 14.6 Å². The molecule has 27 heavy (non-hydrogen) atoms. The Balaban J connectivity index is 1.71. The number of carbonyl (C=O) groups is 2. The first-order valence-corrected chi connectivity index (χ1v) is 9.03. The molecule has 7 nitrogen and oxygen atoms in total. The highest BCUT2D eigenvalue weighted by Crippen LogP contribution is 2.20. The van der Waals surface area contributed by atoms with Crippen molar-refractivity contribution in [3.05, 3.63) is 58.9 Å². The summed E-state index contributed by atoms with van der Waals surface area (Å²) in [5.41, 5.74) is 7.80. The fourth-order valence-corrected chi connectivity index (χ4v) is 3.17. The first-order chi connectivity index (χ1) is 13.0. The molecule has 3 rings (SSSR count). The third-order valence-corrected chi connectivity index (χ3v) is 4.76. The summed E-state index contributed by atoms with van der Waals surface area (Å²) in [5, 5.41) is 16.1. The van der Waals surface area contributed by atoms with Gasteiger partial charge in [0.15, 0.2) is 5.78 Å². The highest BCUT2D eigenvalue weighted by atomic mass is 16.3. The Morgan fingerprint density at radius 2 is 1.96 bits per heavy atom. The Labute approximate surface area is 158 Å². The van der Waals surface area contributed by atoms with E-state index in [9.17, 15) is 14.7 Å². The molecule has 1 aliphatic heterocycles. The van der Waals surface area contributed by atoms with Crippen molar-refractivity contribution in [1.29, 1.82) is 0 Å². The molecular weight excluding hydrogens is 344 g/mol. The van der Waals surface area contributed by atoms with Crippen molar-refractivity contribution in [3.63, 3.8) is 0 Å². The van der Waals surface area contributed by atoms with Crippen molar-refractivity contribution >= 4 is 11.7 Å². The van der Waals surface area contributed by atoms with Crippen LogP contribution in [0, 0.1) is 6.92 Å². The lowest BCUT2D eigenvalue weighted by Gasteiger charge is -2.22. The van der Waals surface area contributed by atoms with Crippen LogP contribution in [0.25, 0.3) is 0 Å². The highest BCUT2D eigenvalue weighted by Gasteiger charge is 2.22. The van der Waals surface area contributed by atoms with Crippen molar-refractivity contribution in [2.75, 3.05) is 13.1 Å². The molecule has 1 amide bonds. The number of aromatic nitrogens is 1. The molecule has 1 aromatic heterocycles. The number of rotatable bonds is 4. The van der Waals surface area contributed by atoms with Crippen LogP contribution in [0.2, 0.25) is 0 Å². The fraction of sp³-hybridized carbons (Fsp3) is 0.350. The zero-order valence-electron chi connectivity index (χ0n) is 15.2. The lowest BCUT2D eigenvalue weighted by molar-refractivity contribution is 0.0928. The van der Waals surface area contributed by atoms with Gasteiger partial charge in [-0.05, 0) is 44.5 Å². The number of amides is 1. The average Bonchev–Trinajstić information content (AvgIpc) is 2.87. The van der Waals surface area contributed by atoms with Crippen molar-refractivity contribution in [2.24, 2.45) is 5.73 Å². The van der Waals surface area contributed by atoms with Gasteiger partial charge in [-0.1, -0.05) is 12.1 Å². The molecule has 142 valence electrons. The number of aryl methyl sites for hydroxylation is 1. The molecule has 0 bridgehead atoms. The number of nitrogens with zero attached hydrogens (tertiary/aromatic N) is 1. The molecule has 0 unspecified atom stereocenters. The quantitative estimate of drug-likeness (QED) is 0.601. The standard InChI is InChI=1S/C20H24N4O3/c1-12-9-15(18(25)11-23-12)19(26)13-4-6-14(7-5-13)20(27)24-17-3-2-8-22-10-16(17)21/h4-7,9,11,16-17,22,25H,2-3,8,10,21H2,1H3,(H,24,27)/t16-,17-/m1/s1. The van der Waals surface area contributed by atoms with Crippen LogP contribution in [-0.4, -0.2) is 47.0 Å². The molecular formula is C20H24N4O3. The number of benzene rings is 1. The van der Waals surface area contributed by atoms with E-state index in [0.29, 0.717) is 23.4 Å². The smallest absolute Gasteiger partial charge is 0.251 e.